The summed E-state index contributed by atoms with van der Waals surface area (Å²) in [6, 6.07) is 7.25. The van der Waals surface area contributed by atoms with Crippen molar-refractivity contribution in [2.24, 2.45) is 5.16 Å². The average molecular weight is 274 g/mol. The predicted molar refractivity (Wildman–Crippen MR) is 72.6 cm³/mol. The van der Waals surface area contributed by atoms with Gasteiger partial charge in [-0.2, -0.15) is 0 Å². The van der Waals surface area contributed by atoms with Gasteiger partial charge in [0.1, 0.15) is 12.9 Å². The third kappa shape index (κ3) is 2.07. The van der Waals surface area contributed by atoms with Crippen LogP contribution in [-0.4, -0.2) is 45.4 Å². The van der Waals surface area contributed by atoms with Crippen molar-refractivity contribution in [3.05, 3.63) is 30.1 Å². The number of para-hydroxylation sites is 2. The van der Waals surface area contributed by atoms with Crippen LogP contribution in [-0.2, 0) is 4.84 Å². The molecule has 1 aromatic carbocycles. The van der Waals surface area contributed by atoms with Crippen molar-refractivity contribution in [1.29, 1.82) is 0 Å². The largest absolute Gasteiger partial charge is 0.465 e. The lowest BCUT2D eigenvalue weighted by Gasteiger charge is -2.18. The molecule has 2 aromatic rings. The van der Waals surface area contributed by atoms with E-state index in [9.17, 15) is 9.90 Å². The van der Waals surface area contributed by atoms with E-state index < -0.39 is 6.09 Å². The number of aromatic amines is 1. The van der Waals surface area contributed by atoms with Crippen LogP contribution in [0.25, 0.3) is 11.0 Å². The zero-order chi connectivity index (χ0) is 14.1. The molecule has 1 aromatic heterocycles. The second-order valence-corrected chi connectivity index (χ2v) is 4.61. The van der Waals surface area contributed by atoms with Gasteiger partial charge < -0.3 is 14.9 Å². The highest BCUT2D eigenvalue weighted by atomic mass is 16.6. The Kier molecular flexibility index (Phi) is 3.02. The number of aromatic nitrogens is 2. The van der Waals surface area contributed by atoms with Crippen LogP contribution in [0.15, 0.2) is 29.4 Å². The summed E-state index contributed by atoms with van der Waals surface area (Å²) < 4.78 is 0. The number of nitrogens with zero attached hydrogens (tertiary/aromatic N) is 3. The van der Waals surface area contributed by atoms with Gasteiger partial charge in [-0.3, -0.25) is 4.90 Å². The lowest BCUT2D eigenvalue weighted by molar-refractivity contribution is 0.139. The number of imidazole rings is 1. The second-order valence-electron chi connectivity index (χ2n) is 4.61. The van der Waals surface area contributed by atoms with Crippen LogP contribution in [0.4, 0.5) is 4.79 Å². The van der Waals surface area contributed by atoms with E-state index in [1.807, 2.05) is 24.3 Å². The van der Waals surface area contributed by atoms with Gasteiger partial charge in [-0.15, -0.1) is 0 Å². The van der Waals surface area contributed by atoms with Gasteiger partial charge in [-0.05, 0) is 12.1 Å². The summed E-state index contributed by atoms with van der Waals surface area (Å²) in [6.07, 6.45) is -0.503. The molecule has 7 heteroatoms. The molecular weight excluding hydrogens is 260 g/mol. The maximum atomic E-state index is 11.3. The molecule has 2 N–H and O–H groups in total. The molecule has 1 atom stereocenters. The van der Waals surface area contributed by atoms with E-state index in [0.29, 0.717) is 18.0 Å². The highest BCUT2D eigenvalue weighted by Crippen LogP contribution is 2.30. The molecule has 1 amide bonds. The standard InChI is InChI=1S/C13H14N4O3/c1-20-16-8-6-11(17(7-8)13(18)19)12-14-9-4-2-3-5-10(9)15-12/h2-5,11H,6-7H2,1H3,(H,14,15)(H,18,19)/b16-8+/t11-/m0/s1. The average Bonchev–Trinajstić information content (AvgIpc) is 3.01. The van der Waals surface area contributed by atoms with Crippen molar-refractivity contribution in [2.45, 2.75) is 12.5 Å². The number of rotatable bonds is 2. The predicted octanol–water partition coefficient (Wildman–Crippen LogP) is 1.99. The van der Waals surface area contributed by atoms with Gasteiger partial charge in [0.25, 0.3) is 0 Å². The molecule has 0 unspecified atom stereocenters. The number of H-pyrrole nitrogens is 1. The molecule has 1 aliphatic heterocycles. The first-order valence-electron chi connectivity index (χ1n) is 6.22. The van der Waals surface area contributed by atoms with Gasteiger partial charge in [0.2, 0.25) is 0 Å². The van der Waals surface area contributed by atoms with Crippen LogP contribution in [0.3, 0.4) is 0 Å². The third-order valence-corrected chi connectivity index (χ3v) is 3.35. The number of hydrogen-bond donors (Lipinski definition) is 2. The van der Waals surface area contributed by atoms with E-state index in [1.54, 1.807) is 0 Å². The molecule has 104 valence electrons. The van der Waals surface area contributed by atoms with Gasteiger partial charge in [-0.25, -0.2) is 9.78 Å². The minimum Gasteiger partial charge on any atom is -0.465 e. The van der Waals surface area contributed by atoms with Crippen molar-refractivity contribution in [3.8, 4) is 0 Å². The number of hydrogen-bond acceptors (Lipinski definition) is 4. The lowest BCUT2D eigenvalue weighted by Crippen LogP contribution is -2.30. The Hall–Kier alpha value is -2.57. The summed E-state index contributed by atoms with van der Waals surface area (Å²) in [6.45, 7) is 0.241. The molecule has 0 spiro atoms. The van der Waals surface area contributed by atoms with Crippen LogP contribution in [0, 0.1) is 0 Å². The zero-order valence-electron chi connectivity index (χ0n) is 10.9. The normalized spacial score (nSPS) is 20.8. The van der Waals surface area contributed by atoms with Crippen LogP contribution < -0.4 is 0 Å². The van der Waals surface area contributed by atoms with E-state index in [4.69, 9.17) is 4.84 Å². The Balaban J connectivity index is 1.98. The second kappa shape index (κ2) is 4.84. The number of likely N-dealkylation sites (tertiary alicyclic amines) is 1. The first kappa shape index (κ1) is 12.5. The first-order chi connectivity index (χ1) is 9.69. The molecule has 1 aliphatic rings. The molecule has 1 fully saturated rings. The molecule has 1 saturated heterocycles. The Labute approximate surface area is 114 Å². The van der Waals surface area contributed by atoms with Crippen LogP contribution in [0.1, 0.15) is 18.3 Å². The van der Waals surface area contributed by atoms with Crippen LogP contribution in [0.5, 0.6) is 0 Å². The Morgan fingerprint density at radius 1 is 1.55 bits per heavy atom. The van der Waals surface area contributed by atoms with Crippen LogP contribution in [0.2, 0.25) is 0 Å². The van der Waals surface area contributed by atoms with Crippen molar-refractivity contribution in [3.63, 3.8) is 0 Å². The monoisotopic (exact) mass is 274 g/mol. The first-order valence-corrected chi connectivity index (χ1v) is 6.22. The SMILES string of the molecule is CO/N=C1\C[C@@H](c2nc3ccccc3[nH]2)N(C(=O)O)C1. The zero-order valence-corrected chi connectivity index (χ0v) is 10.9. The van der Waals surface area contributed by atoms with Gasteiger partial charge in [-0.1, -0.05) is 17.3 Å². The minimum atomic E-state index is -0.989. The summed E-state index contributed by atoms with van der Waals surface area (Å²) >= 11 is 0. The maximum absolute atomic E-state index is 11.3. The van der Waals surface area contributed by atoms with Crippen molar-refractivity contribution >= 4 is 22.8 Å². The maximum Gasteiger partial charge on any atom is 0.408 e. The quantitative estimate of drug-likeness (QED) is 0.819. The van der Waals surface area contributed by atoms with Gasteiger partial charge in [0, 0.05) is 6.42 Å². The van der Waals surface area contributed by atoms with Crippen molar-refractivity contribution in [2.75, 3.05) is 13.7 Å². The van der Waals surface area contributed by atoms with E-state index in [1.165, 1.54) is 12.0 Å². The number of nitrogens with one attached hydrogen (secondary N) is 1. The molecular formula is C13H14N4O3. The topological polar surface area (TPSA) is 90.8 Å². The Bertz CT molecular complexity index is 646. The summed E-state index contributed by atoms with van der Waals surface area (Å²) in [5.41, 5.74) is 2.41. The van der Waals surface area contributed by atoms with Crippen molar-refractivity contribution in [1.82, 2.24) is 14.9 Å². The molecule has 7 nitrogen and oxygen atoms in total. The number of benzene rings is 1. The third-order valence-electron chi connectivity index (χ3n) is 3.35. The van der Waals surface area contributed by atoms with E-state index in [2.05, 4.69) is 15.1 Å². The molecule has 3 rings (SSSR count). The summed E-state index contributed by atoms with van der Waals surface area (Å²) in [5, 5.41) is 13.2. The van der Waals surface area contributed by atoms with Gasteiger partial charge in [0.15, 0.2) is 0 Å². The molecule has 0 saturated carbocycles. The molecule has 0 radical (unpaired) electrons. The van der Waals surface area contributed by atoms with Gasteiger partial charge in [0.05, 0.1) is 29.3 Å². The molecule has 20 heavy (non-hydrogen) atoms. The molecule has 2 heterocycles. The smallest absolute Gasteiger partial charge is 0.408 e. The highest BCUT2D eigenvalue weighted by molar-refractivity contribution is 5.92. The fourth-order valence-electron chi connectivity index (χ4n) is 2.48. The number of amides is 1. The summed E-state index contributed by atoms with van der Waals surface area (Å²) in [5.74, 6) is 0.634. The summed E-state index contributed by atoms with van der Waals surface area (Å²) in [7, 11) is 1.45. The Morgan fingerprint density at radius 3 is 3.05 bits per heavy atom. The number of carboxylic acid groups (broad SMARTS) is 1. The van der Waals surface area contributed by atoms with Crippen LogP contribution >= 0.6 is 0 Å². The fourth-order valence-corrected chi connectivity index (χ4v) is 2.48. The lowest BCUT2D eigenvalue weighted by atomic mass is 10.2. The summed E-state index contributed by atoms with van der Waals surface area (Å²) in [4.78, 5) is 25.0. The Morgan fingerprint density at radius 2 is 2.35 bits per heavy atom. The molecule has 0 aliphatic carbocycles. The minimum absolute atomic E-state index is 0.241. The van der Waals surface area contributed by atoms with Gasteiger partial charge >= 0.3 is 6.09 Å². The van der Waals surface area contributed by atoms with E-state index >= 15 is 0 Å². The number of carbonyl (C=O) groups is 1. The van der Waals surface area contributed by atoms with E-state index in [-0.39, 0.29) is 12.6 Å². The highest BCUT2D eigenvalue weighted by Gasteiger charge is 2.36. The van der Waals surface area contributed by atoms with E-state index in [0.717, 1.165) is 11.0 Å². The van der Waals surface area contributed by atoms with Crippen molar-refractivity contribution < 1.29 is 14.7 Å². The fraction of sp³-hybridized carbons (Fsp3) is 0.308. The number of oxime groups is 1. The number of fused-ring (bicyclic) bond motifs is 1. The molecule has 0 bridgehead atoms.